The third-order valence-electron chi connectivity index (χ3n) is 6.00. The minimum absolute atomic E-state index is 0.0141. The van der Waals surface area contributed by atoms with Gasteiger partial charge in [-0.25, -0.2) is 0 Å². The van der Waals surface area contributed by atoms with Crippen LogP contribution in [0.3, 0.4) is 0 Å². The van der Waals surface area contributed by atoms with E-state index in [1.54, 1.807) is 0 Å². The van der Waals surface area contributed by atoms with E-state index in [9.17, 15) is 4.79 Å². The number of nitrogens with zero attached hydrogens (tertiary/aromatic N) is 2. The van der Waals surface area contributed by atoms with Crippen molar-refractivity contribution >= 4 is 17.3 Å². The number of aryl methyl sites for hydroxylation is 1. The largest absolute Gasteiger partial charge is 0.360 e. The van der Waals surface area contributed by atoms with E-state index in [2.05, 4.69) is 61.2 Å². The van der Waals surface area contributed by atoms with Crippen molar-refractivity contribution in [3.63, 3.8) is 0 Å². The molecule has 4 rings (SSSR count). The predicted octanol–water partition coefficient (Wildman–Crippen LogP) is 1.68. The molecule has 2 aliphatic heterocycles. The summed E-state index contributed by atoms with van der Waals surface area (Å²) in [6, 6.07) is 16.9. The fourth-order valence-electron chi connectivity index (χ4n) is 4.36. The molecule has 4 nitrogen and oxygen atoms in total. The number of carbonyl (C=O) groups excluding carboxylic acids is 1. The second-order valence-corrected chi connectivity index (χ2v) is 7.52. The van der Waals surface area contributed by atoms with E-state index in [0.717, 1.165) is 44.8 Å². The lowest BCUT2D eigenvalue weighted by Gasteiger charge is -2.37. The Morgan fingerprint density at radius 3 is 2.35 bits per heavy atom. The Hall–Kier alpha value is -2.33. The number of para-hydroxylation sites is 2. The van der Waals surface area contributed by atoms with Crippen LogP contribution >= 0.6 is 0 Å². The molecule has 2 aromatic rings. The van der Waals surface area contributed by atoms with Crippen molar-refractivity contribution in [2.75, 3.05) is 42.5 Å². The normalized spacial score (nSPS) is 18.7. The first-order chi connectivity index (χ1) is 12.6. The molecule has 136 valence electrons. The van der Waals surface area contributed by atoms with E-state index in [4.69, 9.17) is 0 Å². The summed E-state index contributed by atoms with van der Waals surface area (Å²) < 4.78 is 0. The highest BCUT2D eigenvalue weighted by atomic mass is 16.2. The first-order valence-electron chi connectivity index (χ1n) is 9.69. The number of rotatable bonds is 3. The van der Waals surface area contributed by atoms with E-state index in [1.165, 1.54) is 21.7 Å². The van der Waals surface area contributed by atoms with Crippen LogP contribution in [0, 0.1) is 6.92 Å². The molecule has 0 spiro atoms. The van der Waals surface area contributed by atoms with Gasteiger partial charge in [-0.2, -0.15) is 0 Å². The standard InChI is InChI=1S/C22H27N3O/c1-17-7-3-5-9-20(17)24-15-13-23(14-16-24)18(2)22(26)25-12-11-19-8-4-6-10-21(19)25/h3-10,18H,11-16H2,1-2H3/p+1/t18-/m1/s1. The van der Waals surface area contributed by atoms with E-state index in [-0.39, 0.29) is 11.9 Å². The van der Waals surface area contributed by atoms with Gasteiger partial charge in [0.15, 0.2) is 6.04 Å². The Morgan fingerprint density at radius 2 is 1.62 bits per heavy atom. The maximum absolute atomic E-state index is 13.1. The summed E-state index contributed by atoms with van der Waals surface area (Å²) in [5.74, 6) is 0.272. The van der Waals surface area contributed by atoms with Crippen LogP contribution in [-0.4, -0.2) is 44.7 Å². The fourth-order valence-corrected chi connectivity index (χ4v) is 4.36. The molecular weight excluding hydrogens is 322 g/mol. The first kappa shape index (κ1) is 17.1. The summed E-state index contributed by atoms with van der Waals surface area (Å²) in [6.07, 6.45) is 0.977. The van der Waals surface area contributed by atoms with Gasteiger partial charge in [0.25, 0.3) is 5.91 Å². The lowest BCUT2D eigenvalue weighted by Crippen LogP contribution is -3.19. The van der Waals surface area contributed by atoms with Gasteiger partial charge >= 0.3 is 0 Å². The molecule has 0 radical (unpaired) electrons. The number of piperazine rings is 1. The number of benzene rings is 2. The van der Waals surface area contributed by atoms with Gasteiger partial charge in [0.1, 0.15) is 0 Å². The Kier molecular flexibility index (Phi) is 4.68. The molecule has 1 N–H and O–H groups in total. The number of amides is 1. The molecule has 1 fully saturated rings. The fraction of sp³-hybridized carbons (Fsp3) is 0.409. The molecule has 2 aromatic carbocycles. The Balaban J connectivity index is 1.40. The number of fused-ring (bicyclic) bond motifs is 1. The van der Waals surface area contributed by atoms with Crippen LogP contribution in [0.4, 0.5) is 11.4 Å². The second kappa shape index (κ2) is 7.12. The average Bonchev–Trinajstić information content (AvgIpc) is 3.11. The maximum Gasteiger partial charge on any atom is 0.284 e. The van der Waals surface area contributed by atoms with Crippen LogP contribution in [0.1, 0.15) is 18.1 Å². The monoisotopic (exact) mass is 350 g/mol. The highest BCUT2D eigenvalue weighted by Gasteiger charge is 2.35. The van der Waals surface area contributed by atoms with Crippen molar-refractivity contribution < 1.29 is 9.69 Å². The number of hydrogen-bond acceptors (Lipinski definition) is 2. The summed E-state index contributed by atoms with van der Waals surface area (Å²) in [7, 11) is 0. The summed E-state index contributed by atoms with van der Waals surface area (Å²) >= 11 is 0. The van der Waals surface area contributed by atoms with E-state index < -0.39 is 0 Å². The number of nitrogens with one attached hydrogen (secondary N) is 1. The van der Waals surface area contributed by atoms with Crippen molar-refractivity contribution in [3.8, 4) is 0 Å². The SMILES string of the molecule is Cc1ccccc1N1CC[NH+]([C@H](C)C(=O)N2CCc3ccccc32)CC1. The molecule has 1 amide bonds. The van der Waals surface area contributed by atoms with Gasteiger partial charge in [0, 0.05) is 17.9 Å². The van der Waals surface area contributed by atoms with Crippen molar-refractivity contribution in [2.45, 2.75) is 26.3 Å². The number of hydrogen-bond donors (Lipinski definition) is 1. The highest BCUT2D eigenvalue weighted by molar-refractivity contribution is 5.97. The van der Waals surface area contributed by atoms with Crippen molar-refractivity contribution in [2.24, 2.45) is 0 Å². The highest BCUT2D eigenvalue weighted by Crippen LogP contribution is 2.27. The Bertz CT molecular complexity index is 795. The van der Waals surface area contributed by atoms with Gasteiger partial charge in [0.05, 0.1) is 26.2 Å². The molecule has 2 heterocycles. The van der Waals surface area contributed by atoms with Crippen molar-refractivity contribution in [1.82, 2.24) is 0 Å². The zero-order valence-electron chi connectivity index (χ0n) is 15.7. The van der Waals surface area contributed by atoms with Gasteiger partial charge < -0.3 is 14.7 Å². The third-order valence-corrected chi connectivity index (χ3v) is 6.00. The molecule has 0 aromatic heterocycles. The lowest BCUT2D eigenvalue weighted by molar-refractivity contribution is -0.914. The molecule has 4 heteroatoms. The van der Waals surface area contributed by atoms with Crippen LogP contribution in [0.5, 0.6) is 0 Å². The summed E-state index contributed by atoms with van der Waals surface area (Å²) in [6.45, 7) is 9.13. The third kappa shape index (κ3) is 3.10. The molecule has 0 unspecified atom stereocenters. The molecule has 2 aliphatic rings. The molecule has 0 bridgehead atoms. The molecule has 1 atom stereocenters. The lowest BCUT2D eigenvalue weighted by atomic mass is 10.1. The quantitative estimate of drug-likeness (QED) is 0.912. The molecule has 0 aliphatic carbocycles. The minimum Gasteiger partial charge on any atom is -0.360 e. The van der Waals surface area contributed by atoms with Crippen LogP contribution in [0.25, 0.3) is 0 Å². The number of quaternary nitrogens is 1. The van der Waals surface area contributed by atoms with E-state index in [0.29, 0.717) is 0 Å². The molecular formula is C22H28N3O+. The smallest absolute Gasteiger partial charge is 0.284 e. The van der Waals surface area contributed by atoms with Crippen LogP contribution in [0.2, 0.25) is 0 Å². The average molecular weight is 350 g/mol. The van der Waals surface area contributed by atoms with Gasteiger partial charge in [-0.3, -0.25) is 4.79 Å². The number of anilines is 2. The zero-order chi connectivity index (χ0) is 18.1. The first-order valence-corrected chi connectivity index (χ1v) is 9.69. The van der Waals surface area contributed by atoms with Crippen LogP contribution < -0.4 is 14.7 Å². The molecule has 1 saturated heterocycles. The van der Waals surface area contributed by atoms with Gasteiger partial charge in [-0.1, -0.05) is 36.4 Å². The van der Waals surface area contributed by atoms with Crippen molar-refractivity contribution in [1.29, 1.82) is 0 Å². The van der Waals surface area contributed by atoms with Crippen molar-refractivity contribution in [3.05, 3.63) is 59.7 Å². The maximum atomic E-state index is 13.1. The van der Waals surface area contributed by atoms with Gasteiger partial charge in [-0.05, 0) is 43.5 Å². The minimum atomic E-state index is 0.0141. The van der Waals surface area contributed by atoms with E-state index >= 15 is 0 Å². The topological polar surface area (TPSA) is 28.0 Å². The molecule has 0 saturated carbocycles. The Labute approximate surface area is 156 Å². The zero-order valence-corrected chi connectivity index (χ0v) is 15.7. The number of carbonyl (C=O) groups is 1. The Morgan fingerprint density at radius 1 is 0.962 bits per heavy atom. The van der Waals surface area contributed by atoms with E-state index in [1.807, 2.05) is 11.0 Å². The van der Waals surface area contributed by atoms with Crippen LogP contribution in [-0.2, 0) is 11.2 Å². The summed E-state index contributed by atoms with van der Waals surface area (Å²) in [5, 5.41) is 0. The summed E-state index contributed by atoms with van der Waals surface area (Å²) in [5.41, 5.74) is 5.07. The molecule has 26 heavy (non-hydrogen) atoms. The van der Waals surface area contributed by atoms with Gasteiger partial charge in [-0.15, -0.1) is 0 Å². The van der Waals surface area contributed by atoms with Gasteiger partial charge in [0.2, 0.25) is 0 Å². The summed E-state index contributed by atoms with van der Waals surface area (Å²) in [4.78, 5) is 19.0. The second-order valence-electron chi connectivity index (χ2n) is 7.52. The van der Waals surface area contributed by atoms with Crippen LogP contribution in [0.15, 0.2) is 48.5 Å². The predicted molar refractivity (Wildman–Crippen MR) is 106 cm³/mol.